The minimum Gasteiger partial charge on any atom is -0.378 e. The number of aromatic nitrogens is 3. The van der Waals surface area contributed by atoms with Crippen molar-refractivity contribution < 1.29 is 4.74 Å². The van der Waals surface area contributed by atoms with Gasteiger partial charge in [-0.1, -0.05) is 29.8 Å². The molecular weight excluding hydrogens is 324 g/mol. The largest absolute Gasteiger partial charge is 0.378 e. The fourth-order valence-electron chi connectivity index (χ4n) is 3.42. The average molecular weight is 343 g/mol. The maximum Gasteiger partial charge on any atom is 0.157 e. The SMILES string of the molecule is COCc1cc(N2CC[C@H](c3ccccc3Cl)C2)n2nccc2n1. The molecule has 4 rings (SSSR count). The number of hydrogen-bond acceptors (Lipinski definition) is 4. The van der Waals surface area contributed by atoms with Gasteiger partial charge in [-0.25, -0.2) is 4.98 Å². The summed E-state index contributed by atoms with van der Waals surface area (Å²) < 4.78 is 7.15. The van der Waals surface area contributed by atoms with Gasteiger partial charge in [0.15, 0.2) is 5.65 Å². The molecule has 0 saturated carbocycles. The van der Waals surface area contributed by atoms with E-state index in [0.29, 0.717) is 12.5 Å². The van der Waals surface area contributed by atoms with Gasteiger partial charge in [-0.15, -0.1) is 0 Å². The van der Waals surface area contributed by atoms with Crippen LogP contribution in [0.4, 0.5) is 5.82 Å². The maximum absolute atomic E-state index is 6.38. The van der Waals surface area contributed by atoms with Gasteiger partial charge in [-0.3, -0.25) is 0 Å². The second kappa shape index (κ2) is 6.42. The van der Waals surface area contributed by atoms with Gasteiger partial charge < -0.3 is 9.64 Å². The zero-order valence-electron chi connectivity index (χ0n) is 13.5. The molecule has 1 atom stereocenters. The molecule has 0 aliphatic carbocycles. The van der Waals surface area contributed by atoms with E-state index in [0.717, 1.165) is 41.7 Å². The van der Waals surface area contributed by atoms with E-state index in [1.807, 2.05) is 22.7 Å². The second-order valence-corrected chi connectivity index (χ2v) is 6.50. The maximum atomic E-state index is 6.38. The number of rotatable bonds is 4. The van der Waals surface area contributed by atoms with Crippen molar-refractivity contribution in [3.63, 3.8) is 0 Å². The van der Waals surface area contributed by atoms with Gasteiger partial charge in [-0.05, 0) is 18.1 Å². The molecule has 0 unspecified atom stereocenters. The zero-order chi connectivity index (χ0) is 16.5. The molecule has 2 aromatic heterocycles. The number of anilines is 1. The third-order valence-corrected chi connectivity index (χ3v) is 4.89. The minimum atomic E-state index is 0.434. The van der Waals surface area contributed by atoms with E-state index >= 15 is 0 Å². The van der Waals surface area contributed by atoms with E-state index < -0.39 is 0 Å². The van der Waals surface area contributed by atoms with Crippen molar-refractivity contribution >= 4 is 23.1 Å². The number of fused-ring (bicyclic) bond motifs is 1. The lowest BCUT2D eigenvalue weighted by atomic mass is 9.98. The van der Waals surface area contributed by atoms with Gasteiger partial charge in [-0.2, -0.15) is 9.61 Å². The third-order valence-electron chi connectivity index (χ3n) is 4.54. The Hall–Kier alpha value is -2.11. The first-order valence-electron chi connectivity index (χ1n) is 8.08. The van der Waals surface area contributed by atoms with E-state index in [1.165, 1.54) is 5.56 Å². The van der Waals surface area contributed by atoms with Crippen LogP contribution in [0.15, 0.2) is 42.6 Å². The Kier molecular flexibility index (Phi) is 4.12. The predicted octanol–water partition coefficient (Wildman–Crippen LogP) is 3.52. The second-order valence-electron chi connectivity index (χ2n) is 6.09. The molecule has 5 nitrogen and oxygen atoms in total. The van der Waals surface area contributed by atoms with Crippen LogP contribution in [0.5, 0.6) is 0 Å². The van der Waals surface area contributed by atoms with Crippen molar-refractivity contribution in [3.05, 3.63) is 58.9 Å². The molecule has 6 heteroatoms. The van der Waals surface area contributed by atoms with Gasteiger partial charge in [0.25, 0.3) is 0 Å². The minimum absolute atomic E-state index is 0.434. The van der Waals surface area contributed by atoms with Crippen molar-refractivity contribution in [2.24, 2.45) is 0 Å². The zero-order valence-corrected chi connectivity index (χ0v) is 14.3. The predicted molar refractivity (Wildman–Crippen MR) is 94.7 cm³/mol. The molecule has 1 saturated heterocycles. The molecule has 0 radical (unpaired) electrons. The normalized spacial score (nSPS) is 17.8. The van der Waals surface area contributed by atoms with Gasteiger partial charge in [0.2, 0.25) is 0 Å². The molecule has 0 amide bonds. The number of methoxy groups -OCH3 is 1. The number of benzene rings is 1. The van der Waals surface area contributed by atoms with Crippen LogP contribution in [0.25, 0.3) is 5.65 Å². The van der Waals surface area contributed by atoms with Gasteiger partial charge in [0.1, 0.15) is 5.82 Å². The first kappa shape index (κ1) is 15.4. The highest BCUT2D eigenvalue weighted by atomic mass is 35.5. The molecule has 1 aliphatic heterocycles. The fourth-order valence-corrected chi connectivity index (χ4v) is 3.71. The molecule has 0 bridgehead atoms. The van der Waals surface area contributed by atoms with Crippen LogP contribution in [0, 0.1) is 0 Å². The van der Waals surface area contributed by atoms with Crippen LogP contribution in [0.1, 0.15) is 23.6 Å². The lowest BCUT2D eigenvalue weighted by Gasteiger charge is -2.20. The molecule has 3 heterocycles. The Bertz CT molecular complexity index is 863. The number of hydrogen-bond donors (Lipinski definition) is 0. The Balaban J connectivity index is 1.66. The number of halogens is 1. The lowest BCUT2D eigenvalue weighted by molar-refractivity contribution is 0.181. The van der Waals surface area contributed by atoms with Crippen LogP contribution < -0.4 is 4.90 Å². The van der Waals surface area contributed by atoms with Gasteiger partial charge >= 0.3 is 0 Å². The molecule has 3 aromatic rings. The fraction of sp³-hybridized carbons (Fsp3) is 0.333. The highest BCUT2D eigenvalue weighted by Crippen LogP contribution is 2.34. The van der Waals surface area contributed by atoms with Crippen molar-refractivity contribution in [3.8, 4) is 0 Å². The molecule has 1 aromatic carbocycles. The lowest BCUT2D eigenvalue weighted by Crippen LogP contribution is -2.23. The quantitative estimate of drug-likeness (QED) is 0.727. The van der Waals surface area contributed by atoms with Crippen molar-refractivity contribution in [2.45, 2.75) is 18.9 Å². The summed E-state index contributed by atoms with van der Waals surface area (Å²) >= 11 is 6.38. The van der Waals surface area contributed by atoms with E-state index in [1.54, 1.807) is 13.3 Å². The molecular formula is C18H19ClN4O. The summed E-state index contributed by atoms with van der Waals surface area (Å²) in [5.74, 6) is 1.50. The topological polar surface area (TPSA) is 42.7 Å². The Labute approximate surface area is 145 Å². The Morgan fingerprint density at radius 1 is 1.29 bits per heavy atom. The summed E-state index contributed by atoms with van der Waals surface area (Å²) in [4.78, 5) is 6.93. The summed E-state index contributed by atoms with van der Waals surface area (Å²) in [5, 5.41) is 5.28. The summed E-state index contributed by atoms with van der Waals surface area (Å²) in [6, 6.07) is 12.1. The van der Waals surface area contributed by atoms with E-state index in [-0.39, 0.29) is 0 Å². The van der Waals surface area contributed by atoms with Crippen LogP contribution in [-0.4, -0.2) is 34.8 Å². The van der Waals surface area contributed by atoms with Crippen molar-refractivity contribution in [1.82, 2.24) is 14.6 Å². The molecule has 0 spiro atoms. The van der Waals surface area contributed by atoms with Crippen LogP contribution >= 0.6 is 11.6 Å². The summed E-state index contributed by atoms with van der Waals surface area (Å²) in [6.07, 6.45) is 2.86. The summed E-state index contributed by atoms with van der Waals surface area (Å²) in [5.41, 5.74) is 2.99. The van der Waals surface area contributed by atoms with E-state index in [4.69, 9.17) is 16.3 Å². The van der Waals surface area contributed by atoms with Crippen LogP contribution in [-0.2, 0) is 11.3 Å². The first-order chi connectivity index (χ1) is 11.8. The Morgan fingerprint density at radius 3 is 3.00 bits per heavy atom. The Morgan fingerprint density at radius 2 is 2.17 bits per heavy atom. The molecule has 24 heavy (non-hydrogen) atoms. The monoisotopic (exact) mass is 342 g/mol. The van der Waals surface area contributed by atoms with E-state index in [2.05, 4.69) is 33.2 Å². The summed E-state index contributed by atoms with van der Waals surface area (Å²) in [7, 11) is 1.69. The van der Waals surface area contributed by atoms with Crippen LogP contribution in [0.3, 0.4) is 0 Å². The third kappa shape index (κ3) is 2.74. The number of ether oxygens (including phenoxy) is 1. The van der Waals surface area contributed by atoms with Crippen molar-refractivity contribution in [1.29, 1.82) is 0 Å². The smallest absolute Gasteiger partial charge is 0.157 e. The molecule has 0 N–H and O–H groups in total. The number of nitrogens with zero attached hydrogens (tertiary/aromatic N) is 4. The van der Waals surface area contributed by atoms with Gasteiger partial charge in [0.05, 0.1) is 18.5 Å². The van der Waals surface area contributed by atoms with Crippen molar-refractivity contribution in [2.75, 3.05) is 25.1 Å². The van der Waals surface area contributed by atoms with Gasteiger partial charge in [0, 0.05) is 43.3 Å². The molecule has 124 valence electrons. The van der Waals surface area contributed by atoms with E-state index in [9.17, 15) is 0 Å². The standard InChI is InChI=1S/C18H19ClN4O/c1-24-12-14-10-18(23-17(21-14)6-8-20-23)22-9-7-13(11-22)15-4-2-3-5-16(15)19/h2-6,8,10,13H,7,9,11-12H2,1H3/t13-/m0/s1. The first-order valence-corrected chi connectivity index (χ1v) is 8.46. The average Bonchev–Trinajstić information content (AvgIpc) is 3.24. The molecule has 1 fully saturated rings. The highest BCUT2D eigenvalue weighted by Gasteiger charge is 2.27. The van der Waals surface area contributed by atoms with Crippen LogP contribution in [0.2, 0.25) is 5.02 Å². The highest BCUT2D eigenvalue weighted by molar-refractivity contribution is 6.31. The summed E-state index contributed by atoms with van der Waals surface area (Å²) in [6.45, 7) is 2.40. The molecule has 1 aliphatic rings.